The maximum absolute atomic E-state index is 13.1. The highest BCUT2D eigenvalue weighted by molar-refractivity contribution is 7.17. The number of benzene rings is 2. The molecule has 0 radical (unpaired) electrons. The third-order valence-electron chi connectivity index (χ3n) is 5.80. The molecule has 0 saturated carbocycles. The Hall–Kier alpha value is -2.92. The van der Waals surface area contributed by atoms with E-state index < -0.39 is 5.91 Å². The fraction of sp³-hybridized carbons (Fsp3) is 0.280. The number of thiophene rings is 1. The van der Waals surface area contributed by atoms with Crippen LogP contribution in [0.15, 0.2) is 60.7 Å². The summed E-state index contributed by atoms with van der Waals surface area (Å²) >= 11 is 1.51. The Morgan fingerprint density at radius 1 is 1.07 bits per heavy atom. The molecule has 5 heteroatoms. The van der Waals surface area contributed by atoms with Crippen LogP contribution in [-0.4, -0.2) is 11.8 Å². The van der Waals surface area contributed by atoms with Crippen LogP contribution < -0.4 is 11.1 Å². The molecule has 1 aromatic heterocycles. The molecular formula is C25H26N2O2S. The molecule has 0 aliphatic heterocycles. The van der Waals surface area contributed by atoms with Gasteiger partial charge in [0.2, 0.25) is 5.91 Å². The third kappa shape index (κ3) is 4.31. The highest BCUT2D eigenvalue weighted by Gasteiger charge is 2.28. The van der Waals surface area contributed by atoms with Gasteiger partial charge in [0.05, 0.1) is 5.56 Å². The standard InChI is InChI=1S/C25H26N2O2S/c1-16-12-13-19-21(14-16)30-25(23(19)24(26)29)27-22(28)15-20(17-8-4-2-5-9-17)18-10-6-3-7-11-18/h2-11,16,20H,12-15H2,1H3,(H2,26,29)(H,27,28)/t16-/m0/s1. The van der Waals surface area contributed by atoms with E-state index in [-0.39, 0.29) is 11.8 Å². The van der Waals surface area contributed by atoms with E-state index in [2.05, 4.69) is 12.2 Å². The van der Waals surface area contributed by atoms with Crippen LogP contribution in [-0.2, 0) is 17.6 Å². The topological polar surface area (TPSA) is 72.2 Å². The van der Waals surface area contributed by atoms with Crippen molar-refractivity contribution >= 4 is 28.2 Å². The van der Waals surface area contributed by atoms with Gasteiger partial charge in [-0.3, -0.25) is 9.59 Å². The SMILES string of the molecule is C[C@H]1CCc2c(sc(NC(=O)CC(c3ccccc3)c3ccccc3)c2C(N)=O)C1. The molecule has 2 aromatic carbocycles. The molecule has 1 aliphatic carbocycles. The lowest BCUT2D eigenvalue weighted by Crippen LogP contribution is -2.20. The summed E-state index contributed by atoms with van der Waals surface area (Å²) in [5.41, 5.74) is 9.41. The van der Waals surface area contributed by atoms with E-state index in [9.17, 15) is 9.59 Å². The fourth-order valence-corrected chi connectivity index (χ4v) is 5.69. The number of hydrogen-bond donors (Lipinski definition) is 2. The third-order valence-corrected chi connectivity index (χ3v) is 6.97. The Morgan fingerprint density at radius 3 is 2.23 bits per heavy atom. The Morgan fingerprint density at radius 2 is 1.67 bits per heavy atom. The van der Waals surface area contributed by atoms with Gasteiger partial charge in [0, 0.05) is 17.2 Å². The van der Waals surface area contributed by atoms with E-state index in [0.717, 1.165) is 36.0 Å². The summed E-state index contributed by atoms with van der Waals surface area (Å²) in [4.78, 5) is 26.4. The van der Waals surface area contributed by atoms with E-state index in [0.29, 0.717) is 22.9 Å². The van der Waals surface area contributed by atoms with Crippen LogP contribution >= 0.6 is 11.3 Å². The molecule has 3 aromatic rings. The second-order valence-electron chi connectivity index (χ2n) is 8.05. The first-order valence-corrected chi connectivity index (χ1v) is 11.2. The molecule has 1 atom stereocenters. The van der Waals surface area contributed by atoms with E-state index in [1.54, 1.807) is 0 Å². The zero-order chi connectivity index (χ0) is 21.1. The van der Waals surface area contributed by atoms with Crippen LogP contribution in [0.1, 0.15) is 57.6 Å². The van der Waals surface area contributed by atoms with Gasteiger partial charge in [0.1, 0.15) is 5.00 Å². The molecule has 1 aliphatic rings. The second kappa shape index (κ2) is 8.84. The molecule has 0 bridgehead atoms. The van der Waals surface area contributed by atoms with Gasteiger partial charge in [0.25, 0.3) is 5.91 Å². The summed E-state index contributed by atoms with van der Waals surface area (Å²) in [5, 5.41) is 3.62. The van der Waals surface area contributed by atoms with Crippen molar-refractivity contribution in [2.24, 2.45) is 11.7 Å². The van der Waals surface area contributed by atoms with Gasteiger partial charge >= 0.3 is 0 Å². The quantitative estimate of drug-likeness (QED) is 0.582. The average molecular weight is 419 g/mol. The smallest absolute Gasteiger partial charge is 0.251 e. The lowest BCUT2D eigenvalue weighted by molar-refractivity contribution is -0.116. The molecule has 3 N–H and O–H groups in total. The van der Waals surface area contributed by atoms with Crippen LogP contribution in [0.2, 0.25) is 0 Å². The first-order valence-electron chi connectivity index (χ1n) is 10.4. The van der Waals surface area contributed by atoms with Gasteiger partial charge in [-0.25, -0.2) is 0 Å². The minimum Gasteiger partial charge on any atom is -0.365 e. The zero-order valence-electron chi connectivity index (χ0n) is 17.1. The lowest BCUT2D eigenvalue weighted by atomic mass is 9.88. The van der Waals surface area contributed by atoms with Crippen molar-refractivity contribution in [2.45, 2.75) is 38.5 Å². The maximum Gasteiger partial charge on any atom is 0.251 e. The normalized spacial score (nSPS) is 15.6. The highest BCUT2D eigenvalue weighted by atomic mass is 32.1. The van der Waals surface area contributed by atoms with Gasteiger partial charge in [-0.1, -0.05) is 67.6 Å². The largest absolute Gasteiger partial charge is 0.365 e. The van der Waals surface area contributed by atoms with Crippen LogP contribution in [0.5, 0.6) is 0 Å². The van der Waals surface area contributed by atoms with Gasteiger partial charge in [-0.2, -0.15) is 0 Å². The molecule has 0 fully saturated rings. The monoisotopic (exact) mass is 418 g/mol. The molecule has 154 valence electrons. The Labute approximate surface area is 181 Å². The van der Waals surface area contributed by atoms with Gasteiger partial charge < -0.3 is 11.1 Å². The molecular weight excluding hydrogens is 392 g/mol. The van der Waals surface area contributed by atoms with Crippen molar-refractivity contribution in [1.82, 2.24) is 0 Å². The van der Waals surface area contributed by atoms with E-state index >= 15 is 0 Å². The number of fused-ring (bicyclic) bond motifs is 1. The summed E-state index contributed by atoms with van der Waals surface area (Å²) in [6, 6.07) is 20.1. The number of rotatable bonds is 6. The maximum atomic E-state index is 13.1. The van der Waals surface area contributed by atoms with Crippen LogP contribution in [0.4, 0.5) is 5.00 Å². The van der Waals surface area contributed by atoms with Crippen molar-refractivity contribution in [1.29, 1.82) is 0 Å². The number of carbonyl (C=O) groups is 2. The van der Waals surface area contributed by atoms with Gasteiger partial charge in [0.15, 0.2) is 0 Å². The molecule has 4 nitrogen and oxygen atoms in total. The van der Waals surface area contributed by atoms with Crippen molar-refractivity contribution in [3.8, 4) is 0 Å². The number of anilines is 1. The Kier molecular flexibility index (Phi) is 6.00. The number of nitrogens with one attached hydrogen (secondary N) is 1. The van der Waals surface area contributed by atoms with E-state index in [1.165, 1.54) is 16.2 Å². The molecule has 1 heterocycles. The number of carbonyl (C=O) groups excluding carboxylic acids is 2. The van der Waals surface area contributed by atoms with Crippen LogP contribution in [0.3, 0.4) is 0 Å². The summed E-state index contributed by atoms with van der Waals surface area (Å²) in [6.07, 6.45) is 3.12. The predicted octanol–water partition coefficient (Wildman–Crippen LogP) is 5.13. The zero-order valence-corrected chi connectivity index (χ0v) is 17.9. The van der Waals surface area contributed by atoms with Crippen molar-refractivity contribution in [3.63, 3.8) is 0 Å². The second-order valence-corrected chi connectivity index (χ2v) is 9.15. The highest BCUT2D eigenvalue weighted by Crippen LogP contribution is 2.40. The average Bonchev–Trinajstić information content (AvgIpc) is 3.10. The van der Waals surface area contributed by atoms with Gasteiger partial charge in [-0.15, -0.1) is 11.3 Å². The summed E-state index contributed by atoms with van der Waals surface area (Å²) in [5.74, 6) is -0.0399. The molecule has 4 rings (SSSR count). The lowest BCUT2D eigenvalue weighted by Gasteiger charge is -2.18. The number of hydrogen-bond acceptors (Lipinski definition) is 3. The summed E-state index contributed by atoms with van der Waals surface area (Å²) in [7, 11) is 0. The van der Waals surface area contributed by atoms with E-state index in [1.807, 2.05) is 60.7 Å². The molecule has 30 heavy (non-hydrogen) atoms. The molecule has 0 spiro atoms. The molecule has 0 saturated heterocycles. The minimum absolute atomic E-state index is 0.0564. The summed E-state index contributed by atoms with van der Waals surface area (Å²) < 4.78 is 0. The van der Waals surface area contributed by atoms with Crippen molar-refractivity contribution in [3.05, 3.63) is 87.8 Å². The van der Waals surface area contributed by atoms with Crippen LogP contribution in [0.25, 0.3) is 0 Å². The Balaban J connectivity index is 1.60. The predicted molar refractivity (Wildman–Crippen MR) is 122 cm³/mol. The molecule has 2 amide bonds. The van der Waals surface area contributed by atoms with Crippen molar-refractivity contribution < 1.29 is 9.59 Å². The molecule has 0 unspecified atom stereocenters. The van der Waals surface area contributed by atoms with E-state index in [4.69, 9.17) is 5.73 Å². The van der Waals surface area contributed by atoms with Crippen LogP contribution in [0, 0.1) is 5.92 Å². The first kappa shape index (κ1) is 20.4. The van der Waals surface area contributed by atoms with Crippen molar-refractivity contribution in [2.75, 3.05) is 5.32 Å². The minimum atomic E-state index is -0.458. The first-order chi connectivity index (χ1) is 14.5. The summed E-state index contributed by atoms with van der Waals surface area (Å²) in [6.45, 7) is 2.22. The Bertz CT molecular complexity index is 1000. The fourth-order valence-electron chi connectivity index (χ4n) is 4.26. The van der Waals surface area contributed by atoms with Gasteiger partial charge in [-0.05, 0) is 41.9 Å². The number of primary amides is 1. The number of amides is 2. The number of nitrogens with two attached hydrogens (primary N) is 1.